The molecule has 0 aromatic rings. The number of ether oxygens (including phenoxy) is 4. The van der Waals surface area contributed by atoms with E-state index in [4.69, 9.17) is 18.9 Å². The highest BCUT2D eigenvalue weighted by molar-refractivity contribution is 5.76. The standard InChI is InChI=1S/C61H111NO13/c1-3-5-7-9-11-13-15-17-19-21-22-23-24-25-26-27-29-30-32-34-36-38-40-42-44-50(65)49(62-53(66)45-43-41-39-37-35-33-31-28-20-18-16-14-12-10-8-6-4-2)48-72-60-58(71)56(69)59(52(47-64)74-60)75-61-57(70)55(68)54(67)51(46-63)73-61/h18,20,27,29,34,36,42,44,49-52,54-61,63-65,67-71H,3-17,19,21-26,28,30-33,35,37-41,43,45-48H2,1-2H3,(H,62,66)/b20-18-,29-27+,36-34+,44-42+. The van der Waals surface area contributed by atoms with Gasteiger partial charge in [-0.15, -0.1) is 0 Å². The minimum atomic E-state index is -1.79. The van der Waals surface area contributed by atoms with Crippen LogP contribution in [0.3, 0.4) is 0 Å². The van der Waals surface area contributed by atoms with Crippen molar-refractivity contribution in [1.29, 1.82) is 0 Å². The molecular formula is C61H111NO13. The molecule has 14 nitrogen and oxygen atoms in total. The lowest BCUT2D eigenvalue weighted by atomic mass is 9.97. The monoisotopic (exact) mass is 1070 g/mol. The molecule has 75 heavy (non-hydrogen) atoms. The third kappa shape index (κ3) is 32.6. The van der Waals surface area contributed by atoms with E-state index in [1.165, 1.54) is 154 Å². The van der Waals surface area contributed by atoms with Gasteiger partial charge in [0.05, 0.1) is 32.0 Å². The van der Waals surface area contributed by atoms with Gasteiger partial charge in [-0.25, -0.2) is 0 Å². The summed E-state index contributed by atoms with van der Waals surface area (Å²) in [6, 6.07) is -0.941. The van der Waals surface area contributed by atoms with Crippen LogP contribution in [0.15, 0.2) is 48.6 Å². The molecule has 2 fully saturated rings. The quantitative estimate of drug-likeness (QED) is 0.0204. The maximum Gasteiger partial charge on any atom is 0.220 e. The van der Waals surface area contributed by atoms with E-state index in [2.05, 4.69) is 55.6 Å². The molecule has 0 radical (unpaired) electrons. The molecule has 9 N–H and O–H groups in total. The van der Waals surface area contributed by atoms with Gasteiger partial charge in [0.1, 0.15) is 48.8 Å². The van der Waals surface area contributed by atoms with Crippen molar-refractivity contribution in [3.05, 3.63) is 48.6 Å². The van der Waals surface area contributed by atoms with E-state index in [0.717, 1.165) is 51.4 Å². The average molecular weight is 1070 g/mol. The number of rotatable bonds is 48. The van der Waals surface area contributed by atoms with Crippen LogP contribution in [0, 0.1) is 0 Å². The largest absolute Gasteiger partial charge is 0.394 e. The summed E-state index contributed by atoms with van der Waals surface area (Å²) in [6.07, 6.45) is 41.5. The summed E-state index contributed by atoms with van der Waals surface area (Å²) in [5, 5.41) is 87.1. The average Bonchev–Trinajstić information content (AvgIpc) is 3.41. The summed E-state index contributed by atoms with van der Waals surface area (Å²) in [4.78, 5) is 13.2. The second kappa shape index (κ2) is 46.8. The summed E-state index contributed by atoms with van der Waals surface area (Å²) >= 11 is 0. The number of aliphatic hydroxyl groups is 8. The Morgan fingerprint density at radius 1 is 0.467 bits per heavy atom. The molecule has 2 saturated heterocycles. The number of allylic oxidation sites excluding steroid dienone is 7. The molecular weight excluding hydrogens is 955 g/mol. The minimum Gasteiger partial charge on any atom is -0.394 e. The van der Waals surface area contributed by atoms with Gasteiger partial charge in [0, 0.05) is 6.42 Å². The van der Waals surface area contributed by atoms with E-state index in [0.29, 0.717) is 12.8 Å². The first-order valence-electron chi connectivity index (χ1n) is 30.4. The van der Waals surface area contributed by atoms with Crippen LogP contribution in [-0.4, -0.2) is 140 Å². The summed E-state index contributed by atoms with van der Waals surface area (Å²) in [5.74, 6) is -0.258. The van der Waals surface area contributed by atoms with Crippen molar-refractivity contribution in [3.8, 4) is 0 Å². The molecule has 0 bridgehead atoms. The van der Waals surface area contributed by atoms with Crippen LogP contribution in [0.2, 0.25) is 0 Å². The molecule has 2 aliphatic heterocycles. The third-order valence-electron chi connectivity index (χ3n) is 14.7. The number of hydrogen-bond acceptors (Lipinski definition) is 13. The zero-order valence-electron chi connectivity index (χ0n) is 47.0. The van der Waals surface area contributed by atoms with Crippen molar-refractivity contribution in [3.63, 3.8) is 0 Å². The third-order valence-corrected chi connectivity index (χ3v) is 14.7. The molecule has 12 atom stereocenters. The normalized spacial score (nSPS) is 25.4. The summed E-state index contributed by atoms with van der Waals surface area (Å²) in [7, 11) is 0. The number of nitrogens with one attached hydrogen (secondary N) is 1. The first kappa shape index (κ1) is 69.1. The summed E-state index contributed by atoms with van der Waals surface area (Å²) < 4.78 is 22.8. The van der Waals surface area contributed by atoms with Crippen molar-refractivity contribution in [2.24, 2.45) is 0 Å². The molecule has 14 heteroatoms. The topological polar surface area (TPSA) is 228 Å². The first-order chi connectivity index (χ1) is 36.6. The maximum atomic E-state index is 13.2. The van der Waals surface area contributed by atoms with Gasteiger partial charge in [-0.3, -0.25) is 4.79 Å². The Kier molecular flexibility index (Phi) is 43.1. The van der Waals surface area contributed by atoms with Crippen LogP contribution in [0.4, 0.5) is 0 Å². The Balaban J connectivity index is 1.79. The van der Waals surface area contributed by atoms with Crippen LogP contribution in [0.25, 0.3) is 0 Å². The number of carbonyl (C=O) groups excluding carboxylic acids is 1. The molecule has 1 amide bonds. The molecule has 12 unspecified atom stereocenters. The van der Waals surface area contributed by atoms with E-state index in [1.807, 2.05) is 6.08 Å². The van der Waals surface area contributed by atoms with Crippen molar-refractivity contribution < 1.29 is 64.6 Å². The molecule has 0 aromatic heterocycles. The summed E-state index contributed by atoms with van der Waals surface area (Å²) in [5.41, 5.74) is 0. The van der Waals surface area contributed by atoms with E-state index < -0.39 is 86.8 Å². The predicted molar refractivity (Wildman–Crippen MR) is 300 cm³/mol. The number of aliphatic hydroxyl groups excluding tert-OH is 8. The van der Waals surface area contributed by atoms with Gasteiger partial charge < -0.3 is 65.1 Å². The highest BCUT2D eigenvalue weighted by Crippen LogP contribution is 2.30. The van der Waals surface area contributed by atoms with Gasteiger partial charge in [-0.2, -0.15) is 0 Å². The molecule has 0 aliphatic carbocycles. The molecule has 438 valence electrons. The lowest BCUT2D eigenvalue weighted by Gasteiger charge is -2.46. The van der Waals surface area contributed by atoms with E-state index >= 15 is 0 Å². The smallest absolute Gasteiger partial charge is 0.220 e. The van der Waals surface area contributed by atoms with Crippen molar-refractivity contribution in [2.75, 3.05) is 19.8 Å². The van der Waals surface area contributed by atoms with Gasteiger partial charge in [-0.1, -0.05) is 210 Å². The molecule has 2 heterocycles. The van der Waals surface area contributed by atoms with E-state index in [1.54, 1.807) is 6.08 Å². The van der Waals surface area contributed by atoms with Crippen LogP contribution >= 0.6 is 0 Å². The Morgan fingerprint density at radius 3 is 1.31 bits per heavy atom. The first-order valence-corrected chi connectivity index (χ1v) is 30.4. The fraction of sp³-hybridized carbons (Fsp3) is 0.852. The van der Waals surface area contributed by atoms with Crippen LogP contribution in [0.1, 0.15) is 239 Å². The number of carbonyl (C=O) groups is 1. The van der Waals surface area contributed by atoms with Gasteiger partial charge >= 0.3 is 0 Å². The minimum absolute atomic E-state index is 0.258. The van der Waals surface area contributed by atoms with Gasteiger partial charge in [0.2, 0.25) is 5.91 Å². The molecule has 0 saturated carbocycles. The maximum absolute atomic E-state index is 13.2. The number of amides is 1. The van der Waals surface area contributed by atoms with Crippen LogP contribution < -0.4 is 5.32 Å². The fourth-order valence-corrected chi connectivity index (χ4v) is 9.79. The lowest BCUT2D eigenvalue weighted by Crippen LogP contribution is -2.65. The Labute approximate surface area is 454 Å². The summed E-state index contributed by atoms with van der Waals surface area (Å²) in [6.45, 7) is 2.78. The van der Waals surface area contributed by atoms with Crippen molar-refractivity contribution in [1.82, 2.24) is 5.32 Å². The van der Waals surface area contributed by atoms with Crippen molar-refractivity contribution >= 4 is 5.91 Å². The van der Waals surface area contributed by atoms with Gasteiger partial charge in [-0.05, 0) is 70.6 Å². The van der Waals surface area contributed by atoms with Gasteiger partial charge in [0.25, 0.3) is 0 Å². The zero-order chi connectivity index (χ0) is 54.6. The number of hydrogen-bond donors (Lipinski definition) is 9. The highest BCUT2D eigenvalue weighted by Gasteiger charge is 2.51. The predicted octanol–water partition coefficient (Wildman–Crippen LogP) is 10.4. The van der Waals surface area contributed by atoms with Crippen molar-refractivity contribution in [2.45, 2.75) is 312 Å². The number of unbranched alkanes of at least 4 members (excludes halogenated alkanes) is 29. The highest BCUT2D eigenvalue weighted by atomic mass is 16.7. The van der Waals surface area contributed by atoms with E-state index in [-0.39, 0.29) is 18.9 Å². The molecule has 2 aliphatic rings. The second-order valence-corrected chi connectivity index (χ2v) is 21.5. The second-order valence-electron chi connectivity index (χ2n) is 21.5. The zero-order valence-corrected chi connectivity index (χ0v) is 47.0. The van der Waals surface area contributed by atoms with Crippen LogP contribution in [0.5, 0.6) is 0 Å². The molecule has 2 rings (SSSR count). The molecule has 0 spiro atoms. The molecule has 0 aromatic carbocycles. The Hall–Kier alpha value is -2.05. The van der Waals surface area contributed by atoms with E-state index in [9.17, 15) is 45.6 Å². The Morgan fingerprint density at radius 2 is 0.853 bits per heavy atom. The van der Waals surface area contributed by atoms with Crippen LogP contribution in [-0.2, 0) is 23.7 Å². The lowest BCUT2D eigenvalue weighted by molar-refractivity contribution is -0.359. The SMILES string of the molecule is CCCCCCCC/C=C\CCCCCCCCCC(=O)NC(COC1OC(CO)C(OC2OC(CO)C(O)C(O)C2O)C(O)C1O)C(O)/C=C/CC/C=C/CC/C=C/CCCCCCCCCCCCCCCC. The Bertz CT molecular complexity index is 1440. The van der Waals surface area contributed by atoms with Gasteiger partial charge in [0.15, 0.2) is 12.6 Å². The fourth-order valence-electron chi connectivity index (χ4n) is 9.79.